The molecule has 1 N–H and O–H groups in total. The largest absolute Gasteiger partial charge is 0.508 e. The first-order valence-electron chi connectivity index (χ1n) is 10.1. The molecule has 0 aliphatic carbocycles. The third kappa shape index (κ3) is 4.18. The zero-order valence-corrected chi connectivity index (χ0v) is 18.3. The maximum absolute atomic E-state index is 12.9. The van der Waals surface area contributed by atoms with Gasteiger partial charge >= 0.3 is 0 Å². The molecule has 0 saturated heterocycles. The van der Waals surface area contributed by atoms with Gasteiger partial charge in [-0.15, -0.1) is 5.10 Å². The predicted octanol–water partition coefficient (Wildman–Crippen LogP) is 5.49. The predicted molar refractivity (Wildman–Crippen MR) is 123 cm³/mol. The molecule has 3 aromatic carbocycles. The Bertz CT molecular complexity index is 1450. The summed E-state index contributed by atoms with van der Waals surface area (Å²) in [6.45, 7) is 2.07. The number of ether oxygens (including phenoxy) is 1. The lowest BCUT2D eigenvalue weighted by atomic mass is 10.0. The zero-order valence-electron chi connectivity index (χ0n) is 17.5. The topological polar surface area (TPSA) is 90.4 Å². The van der Waals surface area contributed by atoms with Crippen molar-refractivity contribution in [2.24, 2.45) is 0 Å². The molecule has 5 rings (SSSR count). The smallest absolute Gasteiger partial charge is 0.228 e. The van der Waals surface area contributed by atoms with Gasteiger partial charge in [-0.05, 0) is 67.6 Å². The van der Waals surface area contributed by atoms with E-state index >= 15 is 0 Å². The summed E-state index contributed by atoms with van der Waals surface area (Å²) in [5.74, 6) is 0.861. The van der Waals surface area contributed by atoms with Crippen molar-refractivity contribution in [1.29, 1.82) is 0 Å². The third-order valence-corrected chi connectivity index (χ3v) is 5.52. The second-order valence-corrected chi connectivity index (χ2v) is 7.95. The highest BCUT2D eigenvalue weighted by molar-refractivity contribution is 6.30. The van der Waals surface area contributed by atoms with Crippen molar-refractivity contribution >= 4 is 28.4 Å². The number of benzene rings is 3. The number of furan rings is 1. The van der Waals surface area contributed by atoms with Crippen molar-refractivity contribution in [2.75, 3.05) is 0 Å². The van der Waals surface area contributed by atoms with E-state index in [1.54, 1.807) is 65.5 Å². The van der Waals surface area contributed by atoms with E-state index in [2.05, 4.69) is 10.3 Å². The van der Waals surface area contributed by atoms with Gasteiger partial charge in [0, 0.05) is 27.6 Å². The van der Waals surface area contributed by atoms with E-state index in [-0.39, 0.29) is 18.1 Å². The number of nitrogens with zero attached hydrogens (tertiary/aromatic N) is 3. The summed E-state index contributed by atoms with van der Waals surface area (Å²) >= 11 is 5.92. The molecule has 8 heteroatoms. The number of phenols is 1. The number of rotatable bonds is 6. The van der Waals surface area contributed by atoms with Crippen molar-refractivity contribution in [2.45, 2.75) is 13.5 Å². The lowest BCUT2D eigenvalue weighted by Crippen LogP contribution is -2.00. The molecule has 164 valence electrons. The summed E-state index contributed by atoms with van der Waals surface area (Å²) in [5.41, 5.74) is 3.26. The first-order chi connectivity index (χ1) is 16.0. The highest BCUT2D eigenvalue weighted by Gasteiger charge is 2.19. The second-order valence-electron chi connectivity index (χ2n) is 7.51. The van der Waals surface area contributed by atoms with Gasteiger partial charge in [0.15, 0.2) is 5.76 Å². The number of carbonyl (C=O) groups excluding carboxylic acids is 1. The molecule has 0 aliphatic heterocycles. The molecule has 33 heavy (non-hydrogen) atoms. The molecule has 7 nitrogen and oxygen atoms in total. The molecule has 2 aromatic heterocycles. The highest BCUT2D eigenvalue weighted by atomic mass is 35.5. The fraction of sp³-hybridized carbons (Fsp3) is 0.0800. The lowest BCUT2D eigenvalue weighted by molar-refractivity contribution is 0.101. The number of aromatic hydroxyl groups is 1. The van der Waals surface area contributed by atoms with Crippen LogP contribution in [-0.2, 0) is 6.61 Å². The molecule has 0 amide bonds. The molecule has 0 fully saturated rings. The Balaban J connectivity index is 1.33. The minimum Gasteiger partial charge on any atom is -0.508 e. The van der Waals surface area contributed by atoms with Gasteiger partial charge < -0.3 is 14.3 Å². The van der Waals surface area contributed by atoms with Gasteiger partial charge in [0.25, 0.3) is 0 Å². The minimum absolute atomic E-state index is 0.184. The van der Waals surface area contributed by atoms with Crippen LogP contribution in [0.2, 0.25) is 5.02 Å². The van der Waals surface area contributed by atoms with Crippen molar-refractivity contribution in [1.82, 2.24) is 15.0 Å². The van der Waals surface area contributed by atoms with Crippen LogP contribution in [0.5, 0.6) is 11.5 Å². The fourth-order valence-corrected chi connectivity index (χ4v) is 3.62. The summed E-state index contributed by atoms with van der Waals surface area (Å²) in [4.78, 5) is 12.9. The molecule has 0 radical (unpaired) electrons. The van der Waals surface area contributed by atoms with E-state index in [0.717, 1.165) is 16.6 Å². The highest BCUT2D eigenvalue weighted by Crippen LogP contribution is 2.30. The fourth-order valence-electron chi connectivity index (χ4n) is 3.50. The van der Waals surface area contributed by atoms with E-state index in [9.17, 15) is 9.90 Å². The number of fused-ring (bicyclic) bond motifs is 1. The van der Waals surface area contributed by atoms with E-state index in [1.807, 2.05) is 19.1 Å². The Morgan fingerprint density at radius 2 is 1.85 bits per heavy atom. The van der Waals surface area contributed by atoms with Crippen LogP contribution < -0.4 is 4.74 Å². The Morgan fingerprint density at radius 3 is 2.61 bits per heavy atom. The number of hydrogen-bond acceptors (Lipinski definition) is 6. The molecular formula is C25H18ClN3O4. The Kier molecular flexibility index (Phi) is 5.32. The van der Waals surface area contributed by atoms with Crippen LogP contribution in [0.3, 0.4) is 0 Å². The third-order valence-electron chi connectivity index (χ3n) is 5.26. The number of phenolic OH excluding ortho intramolecular Hbond substituents is 1. The lowest BCUT2D eigenvalue weighted by Gasteiger charge is -2.03. The number of carbonyl (C=O) groups is 1. The molecular weight excluding hydrogens is 442 g/mol. The average molecular weight is 460 g/mol. The molecule has 0 atom stereocenters. The first kappa shape index (κ1) is 20.8. The van der Waals surface area contributed by atoms with E-state index in [1.165, 1.54) is 0 Å². The minimum atomic E-state index is -0.200. The summed E-state index contributed by atoms with van der Waals surface area (Å²) < 4.78 is 13.4. The maximum atomic E-state index is 12.9. The van der Waals surface area contributed by atoms with Gasteiger partial charge in [-0.3, -0.25) is 4.79 Å². The first-order valence-corrected chi connectivity index (χ1v) is 10.5. The summed E-state index contributed by atoms with van der Waals surface area (Å²) in [6.07, 6.45) is 1.75. The monoisotopic (exact) mass is 459 g/mol. The normalized spacial score (nSPS) is 11.1. The summed E-state index contributed by atoms with van der Waals surface area (Å²) in [5, 5.41) is 19.0. The Morgan fingerprint density at radius 1 is 1.09 bits per heavy atom. The zero-order chi connectivity index (χ0) is 22.9. The van der Waals surface area contributed by atoms with Crippen molar-refractivity contribution in [3.63, 3.8) is 0 Å². The van der Waals surface area contributed by atoms with Gasteiger partial charge in [0.2, 0.25) is 5.78 Å². The quantitative estimate of drug-likeness (QED) is 0.337. The summed E-state index contributed by atoms with van der Waals surface area (Å²) in [6, 6.07) is 18.8. The van der Waals surface area contributed by atoms with Gasteiger partial charge in [-0.2, -0.15) is 0 Å². The van der Waals surface area contributed by atoms with Crippen LogP contribution in [0, 0.1) is 6.92 Å². The molecule has 0 aliphatic rings. The standard InChI is InChI=1S/C25H18ClN3O4/c1-15-22-11-10-21(12-23(22)33-25(15)24(31)16-2-4-17(26)5-3-16)32-14-18-13-29(28-27-18)19-6-8-20(30)9-7-19/h2-13,30H,14H2,1H3. The van der Waals surface area contributed by atoms with Gasteiger partial charge in [-0.25, -0.2) is 4.68 Å². The van der Waals surface area contributed by atoms with Gasteiger partial charge in [0.05, 0.1) is 11.9 Å². The van der Waals surface area contributed by atoms with Crippen LogP contribution in [-0.4, -0.2) is 25.9 Å². The number of hydrogen-bond donors (Lipinski definition) is 1. The molecule has 0 saturated carbocycles. The van der Waals surface area contributed by atoms with E-state index in [4.69, 9.17) is 20.8 Å². The van der Waals surface area contributed by atoms with Crippen molar-refractivity contribution in [3.8, 4) is 17.2 Å². The van der Waals surface area contributed by atoms with Crippen LogP contribution >= 0.6 is 11.6 Å². The maximum Gasteiger partial charge on any atom is 0.228 e. The van der Waals surface area contributed by atoms with E-state index in [0.29, 0.717) is 33.4 Å². The second kappa shape index (κ2) is 8.44. The van der Waals surface area contributed by atoms with Crippen LogP contribution in [0.15, 0.2) is 77.3 Å². The molecule has 0 unspecified atom stereocenters. The molecule has 2 heterocycles. The number of ketones is 1. The van der Waals surface area contributed by atoms with Crippen molar-refractivity contribution < 1.29 is 19.1 Å². The Labute approximate surface area is 193 Å². The number of aryl methyl sites for hydroxylation is 1. The van der Waals surface area contributed by atoms with Crippen LogP contribution in [0.1, 0.15) is 27.4 Å². The van der Waals surface area contributed by atoms with Crippen molar-refractivity contribution in [3.05, 3.63) is 101 Å². The van der Waals surface area contributed by atoms with Crippen LogP contribution in [0.25, 0.3) is 16.7 Å². The summed E-state index contributed by atoms with van der Waals surface area (Å²) in [7, 11) is 0. The molecule has 5 aromatic rings. The Hall–Kier alpha value is -4.10. The van der Waals surface area contributed by atoms with Crippen LogP contribution in [0.4, 0.5) is 0 Å². The number of aromatic nitrogens is 3. The van der Waals surface area contributed by atoms with E-state index < -0.39 is 0 Å². The number of halogens is 1. The SMILES string of the molecule is Cc1c(C(=O)c2ccc(Cl)cc2)oc2cc(OCc3cn(-c4ccc(O)cc4)nn3)ccc12. The van der Waals surface area contributed by atoms with Gasteiger partial charge in [-0.1, -0.05) is 16.8 Å². The van der Waals surface area contributed by atoms with Gasteiger partial charge in [0.1, 0.15) is 29.4 Å². The average Bonchev–Trinajstić information content (AvgIpc) is 3.43. The molecule has 0 bridgehead atoms. The molecule has 0 spiro atoms.